The largest absolute Gasteiger partial charge is 0.476 e. The molecule has 2 aromatic carbocycles. The van der Waals surface area contributed by atoms with Gasteiger partial charge in [-0.2, -0.15) is 8.42 Å². The molecular weight excluding hydrogens is 434 g/mol. The molecule has 2 aliphatic rings. The third-order valence-electron chi connectivity index (χ3n) is 5.29. The topological polar surface area (TPSA) is 147 Å². The molecule has 32 heavy (non-hydrogen) atoms. The molecule has 0 bridgehead atoms. The van der Waals surface area contributed by atoms with E-state index in [0.717, 1.165) is 27.1 Å². The Hall–Kier alpha value is -3.76. The van der Waals surface area contributed by atoms with Crippen LogP contribution in [-0.2, 0) is 16.5 Å². The van der Waals surface area contributed by atoms with Crippen molar-refractivity contribution in [3.8, 4) is 0 Å². The summed E-state index contributed by atoms with van der Waals surface area (Å²) in [6, 6.07) is 11.5. The van der Waals surface area contributed by atoms with Gasteiger partial charge < -0.3 is 5.11 Å². The lowest BCUT2D eigenvalue weighted by atomic mass is 9.88. The van der Waals surface area contributed by atoms with Gasteiger partial charge in [-0.1, -0.05) is 42.5 Å². The number of carbonyl (C=O) groups excluding carboxylic acids is 1. The van der Waals surface area contributed by atoms with Crippen molar-refractivity contribution in [3.63, 3.8) is 0 Å². The molecule has 1 aromatic heterocycles. The van der Waals surface area contributed by atoms with Crippen molar-refractivity contribution in [2.45, 2.75) is 18.1 Å². The van der Waals surface area contributed by atoms with Gasteiger partial charge in [0.25, 0.3) is 10.1 Å². The quantitative estimate of drug-likeness (QED) is 0.532. The Labute approximate surface area is 181 Å². The Morgan fingerprint density at radius 3 is 2.50 bits per heavy atom. The molecule has 0 amide bonds. The third-order valence-corrected chi connectivity index (χ3v) is 6.49. The molecule has 5 rings (SSSR count). The molecule has 0 spiro atoms. The lowest BCUT2D eigenvalue weighted by Crippen LogP contribution is -2.32. The Morgan fingerprint density at radius 2 is 1.84 bits per heavy atom. The third kappa shape index (κ3) is 4.18. The highest BCUT2D eigenvalue weighted by atomic mass is 32.2. The highest BCUT2D eigenvalue weighted by Crippen LogP contribution is 2.21. The van der Waals surface area contributed by atoms with Crippen LogP contribution >= 0.6 is 0 Å². The van der Waals surface area contributed by atoms with Crippen molar-refractivity contribution in [3.05, 3.63) is 86.6 Å². The Morgan fingerprint density at radius 1 is 1.06 bits per heavy atom. The van der Waals surface area contributed by atoms with Crippen LogP contribution < -0.4 is 10.4 Å². The van der Waals surface area contributed by atoms with E-state index in [1.807, 2.05) is 36.4 Å². The normalized spacial score (nSPS) is 16.2. The molecule has 1 unspecified atom stereocenters. The molecule has 2 aliphatic carbocycles. The van der Waals surface area contributed by atoms with Crippen LogP contribution in [0.3, 0.4) is 0 Å². The SMILES string of the molecule is O=C(O)c1cncnn1.O=C1C=c2ccccc2=c2ccc3c(c21)CC(S(=O)(=O)O)CC=3. The van der Waals surface area contributed by atoms with Crippen molar-refractivity contribution in [2.24, 2.45) is 0 Å². The van der Waals surface area contributed by atoms with Gasteiger partial charge in [0.05, 0.1) is 11.4 Å². The number of ketones is 1. The molecule has 0 aliphatic heterocycles. The van der Waals surface area contributed by atoms with Gasteiger partial charge in [-0.15, -0.1) is 10.2 Å². The van der Waals surface area contributed by atoms with Crippen LogP contribution in [0.25, 0.3) is 12.2 Å². The maximum Gasteiger partial charge on any atom is 0.358 e. The lowest BCUT2D eigenvalue weighted by molar-refractivity contribution is 0.0688. The Balaban J connectivity index is 0.000000230. The van der Waals surface area contributed by atoms with E-state index < -0.39 is 21.3 Å². The van der Waals surface area contributed by atoms with E-state index in [2.05, 4.69) is 15.2 Å². The van der Waals surface area contributed by atoms with E-state index in [1.54, 1.807) is 12.2 Å². The maximum absolute atomic E-state index is 12.6. The van der Waals surface area contributed by atoms with Gasteiger partial charge >= 0.3 is 5.97 Å². The van der Waals surface area contributed by atoms with E-state index in [1.165, 1.54) is 6.33 Å². The summed E-state index contributed by atoms with van der Waals surface area (Å²) in [6.07, 6.45) is 6.11. The van der Waals surface area contributed by atoms with Gasteiger partial charge in [-0.3, -0.25) is 9.35 Å². The Bertz CT molecular complexity index is 1550. The van der Waals surface area contributed by atoms with Gasteiger partial charge in [0.2, 0.25) is 0 Å². The van der Waals surface area contributed by atoms with Crippen molar-refractivity contribution in [1.29, 1.82) is 0 Å². The second-order valence-corrected chi connectivity index (χ2v) is 8.93. The number of aromatic nitrogens is 3. The lowest BCUT2D eigenvalue weighted by Gasteiger charge is -2.20. The first kappa shape index (κ1) is 21.5. The highest BCUT2D eigenvalue weighted by Gasteiger charge is 2.28. The summed E-state index contributed by atoms with van der Waals surface area (Å²) in [7, 11) is -4.13. The molecule has 2 N–H and O–H groups in total. The van der Waals surface area contributed by atoms with Gasteiger partial charge in [-0.05, 0) is 45.4 Å². The van der Waals surface area contributed by atoms with Crippen molar-refractivity contribution in [2.75, 3.05) is 0 Å². The minimum atomic E-state index is -4.13. The average Bonchev–Trinajstić information content (AvgIpc) is 2.78. The first-order valence-corrected chi connectivity index (χ1v) is 11.1. The molecular formula is C22H17N3O6S. The molecule has 0 saturated carbocycles. The second kappa shape index (κ2) is 8.40. The van der Waals surface area contributed by atoms with Crippen LogP contribution in [-0.4, -0.2) is 50.3 Å². The van der Waals surface area contributed by atoms with Crippen molar-refractivity contribution < 1.29 is 27.7 Å². The molecule has 0 fully saturated rings. The Kier molecular flexibility index (Phi) is 5.64. The van der Waals surface area contributed by atoms with Crippen LogP contribution in [0, 0.1) is 10.4 Å². The predicted molar refractivity (Wildman–Crippen MR) is 114 cm³/mol. The molecule has 1 heterocycles. The van der Waals surface area contributed by atoms with Crippen LogP contribution in [0.2, 0.25) is 0 Å². The minimum Gasteiger partial charge on any atom is -0.476 e. The smallest absolute Gasteiger partial charge is 0.358 e. The summed E-state index contributed by atoms with van der Waals surface area (Å²) in [6.45, 7) is 0. The number of carbonyl (C=O) groups is 2. The summed E-state index contributed by atoms with van der Waals surface area (Å²) in [5, 5.41) is 17.4. The summed E-state index contributed by atoms with van der Waals surface area (Å²) in [5.74, 6) is -1.23. The fraction of sp³-hybridized carbons (Fsp3) is 0.136. The van der Waals surface area contributed by atoms with Gasteiger partial charge in [0.15, 0.2) is 11.5 Å². The zero-order chi connectivity index (χ0) is 22.9. The fourth-order valence-electron chi connectivity index (χ4n) is 3.80. The molecule has 162 valence electrons. The van der Waals surface area contributed by atoms with Crippen LogP contribution in [0.15, 0.2) is 48.9 Å². The first-order valence-electron chi connectivity index (χ1n) is 9.55. The molecule has 0 saturated heterocycles. The number of Topliss-reactive ketones (excluding diaryl/α,β-unsaturated/α-hetero) is 1. The second-order valence-electron chi connectivity index (χ2n) is 7.23. The number of rotatable bonds is 2. The van der Waals surface area contributed by atoms with E-state index in [4.69, 9.17) is 5.11 Å². The average molecular weight is 451 g/mol. The predicted octanol–water partition coefficient (Wildman–Crippen LogP) is 0.503. The number of hydrogen-bond acceptors (Lipinski definition) is 7. The molecule has 1 atom stereocenters. The zero-order valence-corrected chi connectivity index (χ0v) is 17.4. The van der Waals surface area contributed by atoms with E-state index in [-0.39, 0.29) is 24.3 Å². The number of nitrogens with zero attached hydrogens (tertiary/aromatic N) is 3. The number of benzene rings is 2. The number of carboxylic acids is 1. The molecule has 9 nitrogen and oxygen atoms in total. The van der Waals surface area contributed by atoms with Gasteiger partial charge in [0, 0.05) is 5.56 Å². The zero-order valence-electron chi connectivity index (χ0n) is 16.5. The first-order chi connectivity index (χ1) is 15.3. The molecule has 0 radical (unpaired) electrons. The van der Waals surface area contributed by atoms with E-state index in [9.17, 15) is 22.6 Å². The summed E-state index contributed by atoms with van der Waals surface area (Å²) >= 11 is 0. The highest BCUT2D eigenvalue weighted by molar-refractivity contribution is 7.86. The van der Waals surface area contributed by atoms with Gasteiger partial charge in [-0.25, -0.2) is 9.78 Å². The molecule has 10 heteroatoms. The number of carboxylic acid groups (broad SMARTS) is 1. The standard InChI is InChI=1S/C18H14O4S.C4H3N3O2/c19-17-9-12-3-1-2-4-14(12)15-8-6-11-5-7-13(23(20,21)22)10-16(11)18(15)17;8-4(9)3-1-5-2-6-7-3/h1-6,8-9,13H,7,10H2,(H,20,21,22);1-2H,(H,8,9). The fourth-order valence-corrected chi connectivity index (χ4v) is 4.52. The number of aromatic carboxylic acids is 1. The van der Waals surface area contributed by atoms with Crippen LogP contribution in [0.1, 0.15) is 32.8 Å². The van der Waals surface area contributed by atoms with E-state index in [0.29, 0.717) is 11.1 Å². The summed E-state index contributed by atoms with van der Waals surface area (Å²) in [5.41, 5.74) is 1.13. The van der Waals surface area contributed by atoms with Crippen molar-refractivity contribution >= 4 is 34.0 Å². The van der Waals surface area contributed by atoms with E-state index >= 15 is 0 Å². The summed E-state index contributed by atoms with van der Waals surface area (Å²) in [4.78, 5) is 26.1. The molecule has 3 aromatic rings. The number of fused-ring (bicyclic) bond motifs is 4. The minimum absolute atomic E-state index is 0.111. The van der Waals surface area contributed by atoms with Crippen LogP contribution in [0.4, 0.5) is 0 Å². The maximum atomic E-state index is 12.6. The monoisotopic (exact) mass is 451 g/mol. The van der Waals surface area contributed by atoms with Crippen molar-refractivity contribution in [1.82, 2.24) is 15.2 Å². The number of hydrogen-bond donors (Lipinski definition) is 2. The van der Waals surface area contributed by atoms with Gasteiger partial charge in [0.1, 0.15) is 6.33 Å². The van der Waals surface area contributed by atoms with Crippen LogP contribution in [0.5, 0.6) is 0 Å². The summed E-state index contributed by atoms with van der Waals surface area (Å²) < 4.78 is 32.3.